The van der Waals surface area contributed by atoms with E-state index in [0.717, 1.165) is 5.92 Å². The maximum absolute atomic E-state index is 10.1. The molecule has 1 saturated heterocycles. The summed E-state index contributed by atoms with van der Waals surface area (Å²) >= 11 is 0. The van der Waals surface area contributed by atoms with Crippen molar-refractivity contribution < 1.29 is 5.11 Å². The van der Waals surface area contributed by atoms with Crippen molar-refractivity contribution in [1.29, 1.82) is 0 Å². The van der Waals surface area contributed by atoms with Gasteiger partial charge in [0.1, 0.15) is 5.75 Å². The second kappa shape index (κ2) is 5.61. The van der Waals surface area contributed by atoms with Crippen LogP contribution in [0.25, 0.3) is 0 Å². The predicted molar refractivity (Wildman–Crippen MR) is 108 cm³/mol. The average Bonchev–Trinajstić information content (AvgIpc) is 3.33. The van der Waals surface area contributed by atoms with Crippen LogP contribution in [0.15, 0.2) is 48.5 Å². The number of phenolic OH excluding ortho intramolecular Hbond substituents is 1. The van der Waals surface area contributed by atoms with Crippen LogP contribution < -0.4 is 0 Å². The Morgan fingerprint density at radius 1 is 1.00 bits per heavy atom. The van der Waals surface area contributed by atoms with Crippen LogP contribution in [0.3, 0.4) is 0 Å². The minimum Gasteiger partial charge on any atom is -0.508 e. The fourth-order valence-electron chi connectivity index (χ4n) is 6.97. The summed E-state index contributed by atoms with van der Waals surface area (Å²) in [5.74, 6) is 1.24. The molecule has 0 radical (unpaired) electrons. The minimum absolute atomic E-state index is 0.344. The zero-order chi connectivity index (χ0) is 18.1. The van der Waals surface area contributed by atoms with Gasteiger partial charge in [-0.25, -0.2) is 0 Å². The number of hydrogen-bond acceptors (Lipinski definition) is 2. The molecule has 3 fully saturated rings. The smallest absolute Gasteiger partial charge is 0.115 e. The Morgan fingerprint density at radius 2 is 1.85 bits per heavy atom. The number of nitrogens with zero attached hydrogens (tertiary/aromatic N) is 1. The van der Waals surface area contributed by atoms with E-state index in [1.807, 2.05) is 6.07 Å². The van der Waals surface area contributed by atoms with Gasteiger partial charge in [-0.05, 0) is 79.8 Å². The van der Waals surface area contributed by atoms with E-state index in [1.54, 1.807) is 5.56 Å². The lowest BCUT2D eigenvalue weighted by Crippen LogP contribution is -2.59. The van der Waals surface area contributed by atoms with E-state index < -0.39 is 0 Å². The van der Waals surface area contributed by atoms with Crippen molar-refractivity contribution in [3.8, 4) is 5.75 Å². The molecular weight excluding hydrogens is 330 g/mol. The van der Waals surface area contributed by atoms with Gasteiger partial charge in [0.2, 0.25) is 0 Å². The van der Waals surface area contributed by atoms with E-state index >= 15 is 0 Å². The molecule has 0 amide bonds. The largest absolute Gasteiger partial charge is 0.508 e. The summed E-state index contributed by atoms with van der Waals surface area (Å²) in [6, 6.07) is 18.1. The quantitative estimate of drug-likeness (QED) is 0.851. The number of piperidine rings is 1. The van der Waals surface area contributed by atoms with E-state index in [2.05, 4.69) is 47.4 Å². The fraction of sp³-hybridized carbons (Fsp3) is 0.520. The van der Waals surface area contributed by atoms with Crippen LogP contribution in [0.2, 0.25) is 0 Å². The van der Waals surface area contributed by atoms with Gasteiger partial charge in [-0.1, -0.05) is 42.8 Å². The second-order valence-corrected chi connectivity index (χ2v) is 9.63. The summed E-state index contributed by atoms with van der Waals surface area (Å²) in [4.78, 5) is 2.87. The van der Waals surface area contributed by atoms with Crippen LogP contribution in [0.4, 0.5) is 0 Å². The SMILES string of the molecule is Oc1ccc2c(c1)[C@@]13CCC[C@H]1[C@@H](C2)N(CC1(c2ccccc2)CC1)CC3. The molecule has 2 heteroatoms. The molecule has 1 heterocycles. The van der Waals surface area contributed by atoms with Gasteiger partial charge in [0.25, 0.3) is 0 Å². The Kier molecular flexibility index (Phi) is 3.36. The highest BCUT2D eigenvalue weighted by Gasteiger charge is 2.57. The van der Waals surface area contributed by atoms with Gasteiger partial charge in [-0.2, -0.15) is 0 Å². The molecule has 2 bridgehead atoms. The van der Waals surface area contributed by atoms with Gasteiger partial charge in [0.05, 0.1) is 0 Å². The third kappa shape index (κ3) is 2.29. The number of aromatic hydroxyl groups is 1. The molecule has 3 aliphatic carbocycles. The van der Waals surface area contributed by atoms with E-state index in [1.165, 1.54) is 69.2 Å². The van der Waals surface area contributed by atoms with Gasteiger partial charge in [0.15, 0.2) is 0 Å². The molecule has 2 aromatic rings. The lowest BCUT2D eigenvalue weighted by atomic mass is 9.58. The highest BCUT2D eigenvalue weighted by atomic mass is 16.3. The lowest BCUT2D eigenvalue weighted by molar-refractivity contribution is 0.0250. The number of benzene rings is 2. The molecule has 27 heavy (non-hydrogen) atoms. The second-order valence-electron chi connectivity index (χ2n) is 9.63. The number of phenols is 1. The van der Waals surface area contributed by atoms with E-state index in [9.17, 15) is 5.11 Å². The normalized spacial score (nSPS) is 33.3. The molecule has 1 aliphatic heterocycles. The number of likely N-dealkylation sites (tertiary alicyclic amines) is 1. The Labute approximate surface area is 162 Å². The van der Waals surface area contributed by atoms with Gasteiger partial charge in [0, 0.05) is 23.4 Å². The van der Waals surface area contributed by atoms with Crippen LogP contribution in [0, 0.1) is 5.92 Å². The van der Waals surface area contributed by atoms with Crippen molar-refractivity contribution in [1.82, 2.24) is 4.90 Å². The summed E-state index contributed by atoms with van der Waals surface area (Å²) < 4.78 is 0. The van der Waals surface area contributed by atoms with Gasteiger partial charge in [-0.3, -0.25) is 4.90 Å². The molecule has 3 atom stereocenters. The first-order valence-corrected chi connectivity index (χ1v) is 10.8. The van der Waals surface area contributed by atoms with Crippen molar-refractivity contribution in [3.05, 3.63) is 65.2 Å². The van der Waals surface area contributed by atoms with Crippen molar-refractivity contribution in [2.45, 2.75) is 61.8 Å². The van der Waals surface area contributed by atoms with Crippen molar-refractivity contribution in [2.75, 3.05) is 13.1 Å². The predicted octanol–water partition coefficient (Wildman–Crippen LogP) is 4.79. The Bertz CT molecular complexity index is 871. The average molecular weight is 360 g/mol. The Hall–Kier alpha value is -1.80. The lowest BCUT2D eigenvalue weighted by Gasteiger charge is -2.55. The molecule has 0 spiro atoms. The number of rotatable bonds is 3. The summed E-state index contributed by atoms with van der Waals surface area (Å²) in [6.45, 7) is 2.46. The van der Waals surface area contributed by atoms with Gasteiger partial charge in [-0.15, -0.1) is 0 Å². The first-order chi connectivity index (χ1) is 13.2. The van der Waals surface area contributed by atoms with Crippen molar-refractivity contribution >= 4 is 0 Å². The van der Waals surface area contributed by atoms with Crippen molar-refractivity contribution in [3.63, 3.8) is 0 Å². The molecule has 2 aromatic carbocycles. The number of fused-ring (bicyclic) bond motifs is 1. The van der Waals surface area contributed by atoms with Crippen LogP contribution in [0.5, 0.6) is 5.75 Å². The fourth-order valence-corrected chi connectivity index (χ4v) is 6.97. The molecule has 2 saturated carbocycles. The molecule has 4 aliphatic rings. The first kappa shape index (κ1) is 16.2. The Morgan fingerprint density at radius 3 is 2.67 bits per heavy atom. The standard InChI is InChI=1S/C25H29NO/c27-20-9-8-18-15-23-21-7-4-10-25(21,22(18)16-20)13-14-26(23)17-24(11-12-24)19-5-2-1-3-6-19/h1-3,5-6,8-9,16,21,23,27H,4,7,10-15,17H2/t21-,23+,25+/m0/s1. The van der Waals surface area contributed by atoms with Gasteiger partial charge < -0.3 is 5.11 Å². The zero-order valence-electron chi connectivity index (χ0n) is 16.0. The summed E-state index contributed by atoms with van der Waals surface area (Å²) in [5, 5.41) is 10.1. The highest BCUT2D eigenvalue weighted by molar-refractivity contribution is 5.46. The molecule has 1 N–H and O–H groups in total. The monoisotopic (exact) mass is 359 g/mol. The van der Waals surface area contributed by atoms with E-state index in [-0.39, 0.29) is 0 Å². The maximum atomic E-state index is 10.1. The summed E-state index contributed by atoms with van der Waals surface area (Å²) in [6.07, 6.45) is 9.19. The zero-order valence-corrected chi connectivity index (χ0v) is 16.0. The van der Waals surface area contributed by atoms with Crippen molar-refractivity contribution in [2.24, 2.45) is 5.92 Å². The molecule has 0 unspecified atom stereocenters. The Balaban J connectivity index is 1.35. The van der Waals surface area contributed by atoms with E-state index in [4.69, 9.17) is 0 Å². The molecular formula is C25H29NO. The third-order valence-electron chi connectivity index (χ3n) is 8.43. The summed E-state index contributed by atoms with van der Waals surface area (Å²) in [7, 11) is 0. The van der Waals surface area contributed by atoms with Crippen LogP contribution in [-0.2, 0) is 17.3 Å². The molecule has 6 rings (SSSR count). The van der Waals surface area contributed by atoms with Crippen LogP contribution in [0.1, 0.15) is 55.2 Å². The highest BCUT2D eigenvalue weighted by Crippen LogP contribution is 2.59. The number of hydrogen-bond donors (Lipinski definition) is 1. The van der Waals surface area contributed by atoms with Crippen LogP contribution >= 0.6 is 0 Å². The summed E-state index contributed by atoms with van der Waals surface area (Å²) in [5.41, 5.74) is 5.30. The third-order valence-corrected chi connectivity index (χ3v) is 8.43. The topological polar surface area (TPSA) is 23.5 Å². The van der Waals surface area contributed by atoms with Gasteiger partial charge >= 0.3 is 0 Å². The van der Waals surface area contributed by atoms with E-state index in [0.29, 0.717) is 22.6 Å². The molecule has 140 valence electrons. The van der Waals surface area contributed by atoms with Crippen LogP contribution in [-0.4, -0.2) is 29.1 Å². The minimum atomic E-state index is 0.344. The molecule has 2 nitrogen and oxygen atoms in total. The first-order valence-electron chi connectivity index (χ1n) is 10.8. The maximum Gasteiger partial charge on any atom is 0.115 e. The molecule has 0 aromatic heterocycles.